The summed E-state index contributed by atoms with van der Waals surface area (Å²) < 4.78 is 0. The molecule has 0 amide bonds. The van der Waals surface area contributed by atoms with Crippen LogP contribution < -0.4 is 5.46 Å². The fourth-order valence-electron chi connectivity index (χ4n) is 0.979. The zero-order valence-corrected chi connectivity index (χ0v) is 6.95. The molecule has 72 valence electrons. The van der Waals surface area contributed by atoms with E-state index in [0.29, 0.717) is 6.29 Å². The van der Waals surface area contributed by atoms with Crippen molar-refractivity contribution in [3.05, 3.63) is 33.9 Å². The molecule has 14 heavy (non-hydrogen) atoms. The van der Waals surface area contributed by atoms with Gasteiger partial charge in [-0.2, -0.15) is 0 Å². The number of carbonyl (C=O) groups excluding carboxylic acids is 1. The number of nitro benzene ring substituents is 1. The number of hydrogen-bond donors (Lipinski definition) is 2. The molecule has 0 aliphatic rings. The van der Waals surface area contributed by atoms with E-state index in [9.17, 15) is 14.9 Å². The number of aldehydes is 1. The molecule has 1 aromatic carbocycles. The molecule has 0 aliphatic carbocycles. The summed E-state index contributed by atoms with van der Waals surface area (Å²) in [6, 6.07) is 3.36. The molecule has 6 nitrogen and oxygen atoms in total. The molecule has 0 fully saturated rings. The first-order valence-electron chi connectivity index (χ1n) is 3.66. The minimum Gasteiger partial charge on any atom is -0.423 e. The molecule has 0 spiro atoms. The first kappa shape index (κ1) is 10.4. The fraction of sp³-hybridized carbons (Fsp3) is 0. The van der Waals surface area contributed by atoms with Gasteiger partial charge in [0.15, 0.2) is 6.29 Å². The van der Waals surface area contributed by atoms with Crippen LogP contribution in [0.3, 0.4) is 0 Å². The van der Waals surface area contributed by atoms with Gasteiger partial charge in [0.1, 0.15) is 0 Å². The van der Waals surface area contributed by atoms with Crippen molar-refractivity contribution in [1.29, 1.82) is 0 Å². The van der Waals surface area contributed by atoms with E-state index < -0.39 is 17.7 Å². The van der Waals surface area contributed by atoms with Crippen LogP contribution in [0.4, 0.5) is 5.69 Å². The van der Waals surface area contributed by atoms with Crippen molar-refractivity contribution in [1.82, 2.24) is 0 Å². The Morgan fingerprint density at radius 3 is 2.50 bits per heavy atom. The van der Waals surface area contributed by atoms with Crippen molar-refractivity contribution in [3.8, 4) is 0 Å². The average Bonchev–Trinajstić information content (AvgIpc) is 2.16. The second kappa shape index (κ2) is 3.99. The van der Waals surface area contributed by atoms with E-state index in [-0.39, 0.29) is 11.0 Å². The number of rotatable bonds is 3. The molecule has 0 bridgehead atoms. The highest BCUT2D eigenvalue weighted by Crippen LogP contribution is 2.14. The van der Waals surface area contributed by atoms with Crippen LogP contribution in [0.15, 0.2) is 18.2 Å². The van der Waals surface area contributed by atoms with Crippen molar-refractivity contribution in [2.45, 2.75) is 0 Å². The van der Waals surface area contributed by atoms with Crippen molar-refractivity contribution in [2.75, 3.05) is 0 Å². The number of benzene rings is 1. The summed E-state index contributed by atoms with van der Waals surface area (Å²) in [6.45, 7) is 0. The zero-order valence-electron chi connectivity index (χ0n) is 6.95. The quantitative estimate of drug-likeness (QED) is 0.281. The lowest BCUT2D eigenvalue weighted by Crippen LogP contribution is -2.30. The van der Waals surface area contributed by atoms with E-state index >= 15 is 0 Å². The number of carbonyl (C=O) groups is 1. The highest BCUT2D eigenvalue weighted by molar-refractivity contribution is 6.58. The summed E-state index contributed by atoms with van der Waals surface area (Å²) >= 11 is 0. The molecule has 7 heteroatoms. The van der Waals surface area contributed by atoms with Crippen LogP contribution in [0, 0.1) is 10.1 Å². The summed E-state index contributed by atoms with van der Waals surface area (Å²) in [6.07, 6.45) is 0.339. The first-order valence-corrected chi connectivity index (χ1v) is 3.66. The van der Waals surface area contributed by atoms with Crippen LogP contribution in [0.25, 0.3) is 0 Å². The molecule has 2 N–H and O–H groups in total. The van der Waals surface area contributed by atoms with Crippen LogP contribution in [0.2, 0.25) is 0 Å². The minimum absolute atomic E-state index is 0.0256. The highest BCUT2D eigenvalue weighted by atomic mass is 16.6. The summed E-state index contributed by atoms with van der Waals surface area (Å²) in [7, 11) is -1.78. The molecule has 0 aromatic heterocycles. The lowest BCUT2D eigenvalue weighted by Gasteiger charge is -2.00. The van der Waals surface area contributed by atoms with Crippen LogP contribution >= 0.6 is 0 Å². The molecule has 0 aliphatic heterocycles. The number of hydrogen-bond acceptors (Lipinski definition) is 5. The molecule has 1 rings (SSSR count). The van der Waals surface area contributed by atoms with Gasteiger partial charge in [0.05, 0.1) is 10.5 Å². The topological polar surface area (TPSA) is 101 Å². The van der Waals surface area contributed by atoms with Crippen LogP contribution in [0.1, 0.15) is 10.4 Å². The Labute approximate surface area is 79.1 Å². The Bertz CT molecular complexity index is 378. The number of nitrogens with zero attached hydrogens (tertiary/aromatic N) is 1. The average molecular weight is 195 g/mol. The van der Waals surface area contributed by atoms with E-state index in [1.165, 1.54) is 12.1 Å². The van der Waals surface area contributed by atoms with Gasteiger partial charge in [-0.1, -0.05) is 6.07 Å². The van der Waals surface area contributed by atoms with Crippen LogP contribution in [-0.2, 0) is 0 Å². The zero-order chi connectivity index (χ0) is 10.7. The van der Waals surface area contributed by atoms with Crippen molar-refractivity contribution in [3.63, 3.8) is 0 Å². The fourth-order valence-corrected chi connectivity index (χ4v) is 0.979. The summed E-state index contributed by atoms with van der Waals surface area (Å²) in [5.74, 6) is 0. The Morgan fingerprint density at radius 1 is 1.43 bits per heavy atom. The van der Waals surface area contributed by atoms with Crippen LogP contribution in [0.5, 0.6) is 0 Å². The smallest absolute Gasteiger partial charge is 0.423 e. The molecule has 0 atom stereocenters. The van der Waals surface area contributed by atoms with E-state index in [2.05, 4.69) is 0 Å². The molecule has 0 radical (unpaired) electrons. The second-order valence-electron chi connectivity index (χ2n) is 2.57. The Kier molecular flexibility index (Phi) is 2.95. The molecule has 1 aromatic rings. The standard InChI is InChI=1S/C7H6BNO5/c10-4-5-1-2-6(8(11)12)3-7(5)9(13)14/h1-4,11-12H. The molecular formula is C7H6BNO5. The van der Waals surface area contributed by atoms with Crippen molar-refractivity contribution < 1.29 is 19.8 Å². The molecule has 0 unspecified atom stereocenters. The van der Waals surface area contributed by atoms with Crippen molar-refractivity contribution in [2.24, 2.45) is 0 Å². The predicted octanol–water partition coefficient (Wildman–Crippen LogP) is -0.913. The van der Waals surface area contributed by atoms with Gasteiger partial charge in [0, 0.05) is 6.07 Å². The lowest BCUT2D eigenvalue weighted by atomic mass is 9.80. The monoisotopic (exact) mass is 195 g/mol. The molecule has 0 saturated heterocycles. The third kappa shape index (κ3) is 1.95. The van der Waals surface area contributed by atoms with Crippen LogP contribution in [-0.4, -0.2) is 28.4 Å². The molecule has 0 saturated carbocycles. The Hall–Kier alpha value is -1.73. The molecule has 0 heterocycles. The summed E-state index contributed by atoms with van der Waals surface area (Å²) in [5.41, 5.74) is -0.563. The maximum Gasteiger partial charge on any atom is 0.488 e. The SMILES string of the molecule is O=Cc1ccc(B(O)O)cc1[N+](=O)[O-]. The summed E-state index contributed by atoms with van der Waals surface area (Å²) in [5, 5.41) is 27.9. The van der Waals surface area contributed by atoms with E-state index in [4.69, 9.17) is 10.0 Å². The maximum atomic E-state index is 10.4. The molecular weight excluding hydrogens is 189 g/mol. The third-order valence-electron chi connectivity index (χ3n) is 1.68. The lowest BCUT2D eigenvalue weighted by molar-refractivity contribution is -0.385. The van der Waals surface area contributed by atoms with Gasteiger partial charge >= 0.3 is 7.12 Å². The van der Waals surface area contributed by atoms with Gasteiger partial charge < -0.3 is 10.0 Å². The van der Waals surface area contributed by atoms with Crippen molar-refractivity contribution >= 4 is 24.6 Å². The second-order valence-corrected chi connectivity index (χ2v) is 2.57. The number of nitro groups is 1. The first-order chi connectivity index (χ1) is 6.56. The normalized spacial score (nSPS) is 9.57. The van der Waals surface area contributed by atoms with Gasteiger partial charge in [-0.05, 0) is 11.5 Å². The summed E-state index contributed by atoms with van der Waals surface area (Å²) in [4.78, 5) is 20.1. The Balaban J connectivity index is 3.27. The van der Waals surface area contributed by atoms with Gasteiger partial charge in [-0.3, -0.25) is 14.9 Å². The highest BCUT2D eigenvalue weighted by Gasteiger charge is 2.18. The minimum atomic E-state index is -1.78. The largest absolute Gasteiger partial charge is 0.488 e. The van der Waals surface area contributed by atoms with Gasteiger partial charge in [-0.15, -0.1) is 0 Å². The van der Waals surface area contributed by atoms with E-state index in [0.717, 1.165) is 6.07 Å². The predicted molar refractivity (Wildman–Crippen MR) is 48.3 cm³/mol. The van der Waals surface area contributed by atoms with Gasteiger partial charge in [0.25, 0.3) is 5.69 Å². The third-order valence-corrected chi connectivity index (χ3v) is 1.68. The maximum absolute atomic E-state index is 10.4. The van der Waals surface area contributed by atoms with Gasteiger partial charge in [-0.25, -0.2) is 0 Å². The Morgan fingerprint density at radius 2 is 2.07 bits per heavy atom. The van der Waals surface area contributed by atoms with E-state index in [1.807, 2.05) is 0 Å². The van der Waals surface area contributed by atoms with Gasteiger partial charge in [0.2, 0.25) is 0 Å². The van der Waals surface area contributed by atoms with E-state index in [1.54, 1.807) is 0 Å².